The van der Waals surface area contributed by atoms with Crippen molar-refractivity contribution in [2.75, 3.05) is 6.54 Å². The number of carbonyl (C=O) groups excluding carboxylic acids is 3. The maximum Gasteiger partial charge on any atom is 0.261 e. The molecule has 1 aliphatic rings. The third-order valence-corrected chi connectivity index (χ3v) is 3.76. The molecule has 5 heteroatoms. The molecule has 0 saturated carbocycles. The third kappa shape index (κ3) is 2.77. The molecule has 0 spiro atoms. The van der Waals surface area contributed by atoms with Gasteiger partial charge in [-0.15, -0.1) is 6.42 Å². The first-order chi connectivity index (χ1) is 11.6. The fourth-order valence-electron chi connectivity index (χ4n) is 2.61. The van der Waals surface area contributed by atoms with Gasteiger partial charge >= 0.3 is 0 Å². The highest BCUT2D eigenvalue weighted by atomic mass is 16.2. The summed E-state index contributed by atoms with van der Waals surface area (Å²) in [4.78, 5) is 37.9. The molecule has 0 unspecified atom stereocenters. The molecule has 0 aliphatic carbocycles. The number of rotatable bonds is 4. The van der Waals surface area contributed by atoms with Gasteiger partial charge in [-0.1, -0.05) is 30.2 Å². The van der Waals surface area contributed by atoms with Crippen molar-refractivity contribution in [3.8, 4) is 12.3 Å². The first-order valence-electron chi connectivity index (χ1n) is 7.37. The maximum atomic E-state index is 12.4. The minimum absolute atomic E-state index is 0.114. The minimum Gasteiger partial charge on any atom is -0.341 e. The molecular weight excluding hydrogens is 304 g/mol. The number of nitrogens with zero attached hydrogens (tertiary/aromatic N) is 1. The standard InChI is InChI=1S/C19H14N2O3/c1-2-10-20-17(22)14-7-5-6-13(11-14)12-21-18(23)15-8-3-4-9-16(15)19(21)24/h1,3-9,11H,10,12H2,(H,20,22). The molecule has 0 atom stereocenters. The van der Waals surface area contributed by atoms with E-state index >= 15 is 0 Å². The van der Waals surface area contributed by atoms with Crippen molar-refractivity contribution >= 4 is 17.7 Å². The van der Waals surface area contributed by atoms with Crippen LogP contribution < -0.4 is 5.32 Å². The highest BCUT2D eigenvalue weighted by Gasteiger charge is 2.34. The molecule has 0 radical (unpaired) electrons. The average molecular weight is 318 g/mol. The van der Waals surface area contributed by atoms with Crippen LogP contribution in [0, 0.1) is 12.3 Å². The zero-order chi connectivity index (χ0) is 17.1. The Balaban J connectivity index is 1.81. The van der Waals surface area contributed by atoms with Crippen molar-refractivity contribution in [3.05, 3.63) is 70.8 Å². The number of carbonyl (C=O) groups is 3. The van der Waals surface area contributed by atoms with Crippen LogP contribution in [-0.4, -0.2) is 29.2 Å². The Morgan fingerprint density at radius 3 is 2.33 bits per heavy atom. The van der Waals surface area contributed by atoms with E-state index in [4.69, 9.17) is 6.42 Å². The van der Waals surface area contributed by atoms with Crippen LogP contribution in [-0.2, 0) is 6.54 Å². The van der Waals surface area contributed by atoms with Crippen molar-refractivity contribution in [2.24, 2.45) is 0 Å². The quantitative estimate of drug-likeness (QED) is 0.691. The smallest absolute Gasteiger partial charge is 0.261 e. The van der Waals surface area contributed by atoms with Crippen molar-refractivity contribution in [2.45, 2.75) is 6.54 Å². The summed E-state index contributed by atoms with van der Waals surface area (Å²) in [7, 11) is 0. The normalized spacial score (nSPS) is 12.7. The van der Waals surface area contributed by atoms with Crippen molar-refractivity contribution < 1.29 is 14.4 Å². The predicted molar refractivity (Wildman–Crippen MR) is 88.3 cm³/mol. The Bertz CT molecular complexity index is 845. The van der Waals surface area contributed by atoms with Crippen molar-refractivity contribution in [1.82, 2.24) is 10.2 Å². The summed E-state index contributed by atoms with van der Waals surface area (Å²) in [5, 5.41) is 2.58. The molecule has 118 valence electrons. The molecule has 3 rings (SSSR count). The Morgan fingerprint density at radius 1 is 1.04 bits per heavy atom. The zero-order valence-corrected chi connectivity index (χ0v) is 12.8. The van der Waals surface area contributed by atoms with Gasteiger partial charge in [-0.3, -0.25) is 19.3 Å². The lowest BCUT2D eigenvalue weighted by atomic mass is 10.1. The Hall–Kier alpha value is -3.39. The third-order valence-electron chi connectivity index (χ3n) is 3.76. The van der Waals surface area contributed by atoms with Crippen LogP contribution in [0.4, 0.5) is 0 Å². The van der Waals surface area contributed by atoms with E-state index in [-0.39, 0.29) is 30.8 Å². The summed E-state index contributed by atoms with van der Waals surface area (Å²) in [6.45, 7) is 0.254. The average Bonchev–Trinajstić information content (AvgIpc) is 2.85. The van der Waals surface area contributed by atoms with Gasteiger partial charge in [-0.25, -0.2) is 0 Å². The summed E-state index contributed by atoms with van der Waals surface area (Å²) in [6.07, 6.45) is 5.12. The molecule has 24 heavy (non-hydrogen) atoms. The SMILES string of the molecule is C#CCNC(=O)c1cccc(CN2C(=O)c3ccccc3C2=O)c1. The second-order valence-electron chi connectivity index (χ2n) is 5.33. The van der Waals surface area contributed by atoms with Crippen LogP contribution >= 0.6 is 0 Å². The molecular formula is C19H14N2O3. The van der Waals surface area contributed by atoms with E-state index in [0.717, 1.165) is 0 Å². The second kappa shape index (κ2) is 6.39. The van der Waals surface area contributed by atoms with E-state index in [2.05, 4.69) is 11.2 Å². The summed E-state index contributed by atoms with van der Waals surface area (Å²) < 4.78 is 0. The monoisotopic (exact) mass is 318 g/mol. The number of imide groups is 1. The summed E-state index contributed by atoms with van der Waals surface area (Å²) in [5.41, 5.74) is 1.94. The van der Waals surface area contributed by atoms with E-state index in [1.807, 2.05) is 0 Å². The van der Waals surface area contributed by atoms with Gasteiger partial charge in [0, 0.05) is 5.56 Å². The first-order valence-corrected chi connectivity index (χ1v) is 7.37. The number of hydrogen-bond acceptors (Lipinski definition) is 3. The number of hydrogen-bond donors (Lipinski definition) is 1. The summed E-state index contributed by atoms with van der Waals surface area (Å²) >= 11 is 0. The molecule has 1 heterocycles. The molecule has 0 bridgehead atoms. The number of nitrogens with one attached hydrogen (secondary N) is 1. The lowest BCUT2D eigenvalue weighted by Gasteiger charge is -2.14. The van der Waals surface area contributed by atoms with Crippen LogP contribution in [0.25, 0.3) is 0 Å². The first kappa shape index (κ1) is 15.5. The Morgan fingerprint density at radius 2 is 1.71 bits per heavy atom. The minimum atomic E-state index is -0.321. The zero-order valence-electron chi connectivity index (χ0n) is 12.8. The fourth-order valence-corrected chi connectivity index (χ4v) is 2.61. The largest absolute Gasteiger partial charge is 0.341 e. The van der Waals surface area contributed by atoms with Gasteiger partial charge in [0.15, 0.2) is 0 Å². The fraction of sp³-hybridized carbons (Fsp3) is 0.105. The molecule has 1 N–H and O–H groups in total. The Labute approximate surface area is 139 Å². The molecule has 0 fully saturated rings. The summed E-state index contributed by atoms with van der Waals surface area (Å²) in [5.74, 6) is 1.40. The maximum absolute atomic E-state index is 12.4. The van der Waals surface area contributed by atoms with Crippen molar-refractivity contribution in [1.29, 1.82) is 0 Å². The number of benzene rings is 2. The lowest BCUT2D eigenvalue weighted by Crippen LogP contribution is -2.29. The van der Waals surface area contributed by atoms with Gasteiger partial charge < -0.3 is 5.32 Å². The molecule has 1 aliphatic heterocycles. The highest BCUT2D eigenvalue weighted by Crippen LogP contribution is 2.24. The van der Waals surface area contributed by atoms with Gasteiger partial charge in [-0.05, 0) is 29.8 Å². The molecule has 2 aromatic rings. The molecule has 2 aromatic carbocycles. The van der Waals surface area contributed by atoms with E-state index in [9.17, 15) is 14.4 Å². The van der Waals surface area contributed by atoms with Crippen molar-refractivity contribution in [3.63, 3.8) is 0 Å². The van der Waals surface area contributed by atoms with Gasteiger partial charge in [0.05, 0.1) is 24.2 Å². The molecule has 5 nitrogen and oxygen atoms in total. The predicted octanol–water partition coefficient (Wildman–Crippen LogP) is 1.85. The van der Waals surface area contributed by atoms with Gasteiger partial charge in [0.25, 0.3) is 17.7 Å². The van der Waals surface area contributed by atoms with Gasteiger partial charge in [-0.2, -0.15) is 0 Å². The lowest BCUT2D eigenvalue weighted by molar-refractivity contribution is 0.0642. The molecule has 0 saturated heterocycles. The topological polar surface area (TPSA) is 66.5 Å². The Kier molecular flexibility index (Phi) is 4.13. The van der Waals surface area contributed by atoms with Crippen LogP contribution in [0.2, 0.25) is 0 Å². The van der Waals surface area contributed by atoms with Crippen LogP contribution in [0.1, 0.15) is 36.6 Å². The van der Waals surface area contributed by atoms with Crippen LogP contribution in [0.3, 0.4) is 0 Å². The van der Waals surface area contributed by atoms with E-state index < -0.39 is 0 Å². The summed E-state index contributed by atoms with van der Waals surface area (Å²) in [6, 6.07) is 13.5. The van der Waals surface area contributed by atoms with Gasteiger partial charge in [0.2, 0.25) is 0 Å². The van der Waals surface area contributed by atoms with Gasteiger partial charge in [0.1, 0.15) is 0 Å². The second-order valence-corrected chi connectivity index (χ2v) is 5.33. The van der Waals surface area contributed by atoms with E-state index in [1.165, 1.54) is 4.90 Å². The number of terminal acetylenes is 1. The number of amides is 3. The van der Waals surface area contributed by atoms with E-state index in [1.54, 1.807) is 48.5 Å². The molecule has 0 aromatic heterocycles. The number of fused-ring (bicyclic) bond motifs is 1. The highest BCUT2D eigenvalue weighted by molar-refractivity contribution is 6.21. The van der Waals surface area contributed by atoms with Crippen LogP contribution in [0.5, 0.6) is 0 Å². The van der Waals surface area contributed by atoms with E-state index in [0.29, 0.717) is 22.3 Å². The van der Waals surface area contributed by atoms with Crippen LogP contribution in [0.15, 0.2) is 48.5 Å². The molecule has 3 amide bonds.